The molecular formula is C9H12BrClN2OS. The Labute approximate surface area is 107 Å². The van der Waals surface area contributed by atoms with Crippen molar-refractivity contribution in [1.29, 1.82) is 0 Å². The summed E-state index contributed by atoms with van der Waals surface area (Å²) >= 11 is 4.79. The van der Waals surface area contributed by atoms with Crippen LogP contribution in [0.2, 0.25) is 0 Å². The fourth-order valence-electron chi connectivity index (χ4n) is 1.25. The van der Waals surface area contributed by atoms with Gasteiger partial charge in [0, 0.05) is 35.4 Å². The first kappa shape index (κ1) is 13.0. The Morgan fingerprint density at radius 2 is 2.40 bits per heavy atom. The quantitative estimate of drug-likeness (QED) is 0.895. The van der Waals surface area contributed by atoms with E-state index in [-0.39, 0.29) is 18.3 Å². The van der Waals surface area contributed by atoms with Crippen LogP contribution in [0.4, 0.5) is 0 Å². The topological polar surface area (TPSA) is 41.1 Å². The highest BCUT2D eigenvalue weighted by Gasteiger charge is 2.17. The summed E-state index contributed by atoms with van der Waals surface area (Å²) < 4.78 is 0.970. The molecule has 0 saturated carbocycles. The van der Waals surface area contributed by atoms with E-state index in [1.54, 1.807) is 0 Å². The molecule has 3 nitrogen and oxygen atoms in total. The average molecular weight is 312 g/mol. The number of thiophene rings is 1. The Morgan fingerprint density at radius 3 is 2.87 bits per heavy atom. The lowest BCUT2D eigenvalue weighted by atomic mass is 10.0. The number of rotatable bonds is 3. The highest BCUT2D eigenvalue weighted by molar-refractivity contribution is 9.10. The summed E-state index contributed by atoms with van der Waals surface area (Å²) in [5.74, 6) is 0.648. The predicted octanol–water partition coefficient (Wildman–Crippen LogP) is 1.88. The van der Waals surface area contributed by atoms with Gasteiger partial charge in [0.1, 0.15) is 0 Å². The highest BCUT2D eigenvalue weighted by Crippen LogP contribution is 2.19. The van der Waals surface area contributed by atoms with Crippen molar-refractivity contribution in [2.24, 2.45) is 5.92 Å². The van der Waals surface area contributed by atoms with Gasteiger partial charge < -0.3 is 10.6 Å². The minimum Gasteiger partial charge on any atom is -0.351 e. The molecule has 0 atom stereocenters. The van der Waals surface area contributed by atoms with Gasteiger partial charge in [0.15, 0.2) is 0 Å². The van der Waals surface area contributed by atoms with Crippen LogP contribution in [0.1, 0.15) is 9.67 Å². The molecule has 2 N–H and O–H groups in total. The fraction of sp³-hybridized carbons (Fsp3) is 0.444. The fourth-order valence-corrected chi connectivity index (χ4v) is 2.59. The third-order valence-electron chi connectivity index (χ3n) is 2.21. The molecule has 6 heteroatoms. The molecule has 1 aromatic rings. The van der Waals surface area contributed by atoms with Crippen molar-refractivity contribution in [3.8, 4) is 0 Å². The summed E-state index contributed by atoms with van der Waals surface area (Å²) in [4.78, 5) is 12.3. The Bertz CT molecular complexity index is 341. The summed E-state index contributed by atoms with van der Waals surface area (Å²) in [5.41, 5.74) is 0. The summed E-state index contributed by atoms with van der Waals surface area (Å²) in [5, 5.41) is 8.01. The van der Waals surface area contributed by atoms with Crippen LogP contribution in [0.3, 0.4) is 0 Å². The van der Waals surface area contributed by atoms with Gasteiger partial charge in [-0.25, -0.2) is 0 Å². The predicted molar refractivity (Wildman–Crippen MR) is 68.0 cm³/mol. The van der Waals surface area contributed by atoms with E-state index in [9.17, 15) is 4.79 Å². The molecule has 1 aliphatic heterocycles. The number of carbonyl (C=O) groups excluding carboxylic acids is 1. The third-order valence-corrected chi connectivity index (χ3v) is 3.90. The lowest BCUT2D eigenvalue weighted by molar-refractivity contribution is 0.0946. The maximum atomic E-state index is 11.6. The molecule has 1 saturated heterocycles. The van der Waals surface area contributed by atoms with E-state index in [2.05, 4.69) is 26.6 Å². The van der Waals surface area contributed by atoms with Gasteiger partial charge in [-0.2, -0.15) is 0 Å². The van der Waals surface area contributed by atoms with Gasteiger partial charge in [-0.1, -0.05) is 0 Å². The zero-order valence-corrected chi connectivity index (χ0v) is 11.2. The van der Waals surface area contributed by atoms with E-state index in [4.69, 9.17) is 0 Å². The van der Waals surface area contributed by atoms with Crippen LogP contribution in [-0.4, -0.2) is 25.5 Å². The van der Waals surface area contributed by atoms with Gasteiger partial charge in [-0.3, -0.25) is 4.79 Å². The number of nitrogens with one attached hydrogen (secondary N) is 2. The number of amides is 1. The van der Waals surface area contributed by atoms with Gasteiger partial charge in [0.05, 0.1) is 4.88 Å². The first-order valence-electron chi connectivity index (χ1n) is 4.48. The van der Waals surface area contributed by atoms with Gasteiger partial charge >= 0.3 is 0 Å². The van der Waals surface area contributed by atoms with Crippen LogP contribution in [0.15, 0.2) is 15.9 Å². The van der Waals surface area contributed by atoms with E-state index in [0.717, 1.165) is 29.0 Å². The second-order valence-electron chi connectivity index (χ2n) is 3.36. The van der Waals surface area contributed by atoms with Gasteiger partial charge in [0.25, 0.3) is 5.91 Å². The Balaban J connectivity index is 0.00000112. The second kappa shape index (κ2) is 5.84. The number of halogens is 2. The minimum atomic E-state index is 0. The zero-order valence-electron chi connectivity index (χ0n) is 7.96. The normalized spacial score (nSPS) is 15.3. The summed E-state index contributed by atoms with van der Waals surface area (Å²) in [6.07, 6.45) is 0. The number of hydrogen-bond donors (Lipinski definition) is 2. The van der Waals surface area contributed by atoms with Crippen molar-refractivity contribution >= 4 is 45.6 Å². The van der Waals surface area contributed by atoms with Crippen LogP contribution < -0.4 is 10.6 Å². The first-order valence-corrected chi connectivity index (χ1v) is 6.16. The molecule has 1 amide bonds. The van der Waals surface area contributed by atoms with Crippen molar-refractivity contribution in [2.45, 2.75) is 0 Å². The molecule has 0 aromatic carbocycles. The van der Waals surface area contributed by atoms with E-state index in [0.29, 0.717) is 5.92 Å². The molecular weight excluding hydrogens is 300 g/mol. The molecule has 1 fully saturated rings. The Hall–Kier alpha value is -0.100. The smallest absolute Gasteiger partial charge is 0.261 e. The average Bonchev–Trinajstić information content (AvgIpc) is 2.49. The molecule has 1 aromatic heterocycles. The zero-order chi connectivity index (χ0) is 9.97. The molecule has 0 spiro atoms. The molecule has 0 aliphatic carbocycles. The lowest BCUT2D eigenvalue weighted by Gasteiger charge is -2.26. The van der Waals surface area contributed by atoms with E-state index in [1.165, 1.54) is 11.3 Å². The summed E-state index contributed by atoms with van der Waals surface area (Å²) in [6.45, 7) is 2.82. The maximum Gasteiger partial charge on any atom is 0.261 e. The number of carbonyl (C=O) groups is 1. The molecule has 15 heavy (non-hydrogen) atoms. The van der Waals surface area contributed by atoms with Crippen molar-refractivity contribution in [3.05, 3.63) is 20.8 Å². The molecule has 2 heterocycles. The largest absolute Gasteiger partial charge is 0.351 e. The van der Waals surface area contributed by atoms with Crippen LogP contribution >= 0.6 is 39.7 Å². The SMILES string of the molecule is Cl.O=C(NCC1CNC1)c1cc(Br)cs1. The summed E-state index contributed by atoms with van der Waals surface area (Å²) in [7, 11) is 0. The van der Waals surface area contributed by atoms with Crippen LogP contribution in [0.25, 0.3) is 0 Å². The highest BCUT2D eigenvalue weighted by atomic mass is 79.9. The molecule has 0 unspecified atom stereocenters. The molecule has 0 bridgehead atoms. The van der Waals surface area contributed by atoms with E-state index >= 15 is 0 Å². The Morgan fingerprint density at radius 1 is 1.67 bits per heavy atom. The van der Waals surface area contributed by atoms with Crippen LogP contribution in [-0.2, 0) is 0 Å². The van der Waals surface area contributed by atoms with Gasteiger partial charge in [0.2, 0.25) is 0 Å². The number of hydrogen-bond acceptors (Lipinski definition) is 3. The van der Waals surface area contributed by atoms with Crippen LogP contribution in [0, 0.1) is 5.92 Å². The van der Waals surface area contributed by atoms with E-state index in [1.807, 2.05) is 11.4 Å². The summed E-state index contributed by atoms with van der Waals surface area (Å²) in [6, 6.07) is 1.85. The van der Waals surface area contributed by atoms with Crippen molar-refractivity contribution in [3.63, 3.8) is 0 Å². The third kappa shape index (κ3) is 3.45. The first-order chi connectivity index (χ1) is 6.75. The van der Waals surface area contributed by atoms with Gasteiger partial charge in [-0.05, 0) is 22.0 Å². The molecule has 0 radical (unpaired) electrons. The molecule has 2 rings (SSSR count). The van der Waals surface area contributed by atoms with E-state index < -0.39 is 0 Å². The minimum absolute atomic E-state index is 0. The maximum absolute atomic E-state index is 11.6. The molecule has 84 valence electrons. The lowest BCUT2D eigenvalue weighted by Crippen LogP contribution is -2.48. The van der Waals surface area contributed by atoms with Crippen molar-refractivity contribution in [2.75, 3.05) is 19.6 Å². The standard InChI is InChI=1S/C9H11BrN2OS.ClH/c10-7-1-8(14-5-7)9(13)12-4-6-2-11-3-6;/h1,5-6,11H,2-4H2,(H,12,13);1H. The van der Waals surface area contributed by atoms with Crippen LogP contribution in [0.5, 0.6) is 0 Å². The second-order valence-corrected chi connectivity index (χ2v) is 5.19. The van der Waals surface area contributed by atoms with Crippen molar-refractivity contribution in [1.82, 2.24) is 10.6 Å². The van der Waals surface area contributed by atoms with Crippen molar-refractivity contribution < 1.29 is 4.79 Å². The monoisotopic (exact) mass is 310 g/mol. The Kier molecular flexibility index (Phi) is 5.05. The van der Waals surface area contributed by atoms with Gasteiger partial charge in [-0.15, -0.1) is 23.7 Å². The molecule has 1 aliphatic rings.